The Kier molecular flexibility index (Phi) is 5.75. The van der Waals surface area contributed by atoms with Crippen molar-refractivity contribution in [1.82, 2.24) is 4.90 Å². The maximum absolute atomic E-state index is 12.7. The number of thiophene rings is 1. The lowest BCUT2D eigenvalue weighted by atomic mass is 9.90. The Labute approximate surface area is 161 Å². The second-order valence-electron chi connectivity index (χ2n) is 6.70. The molecule has 1 aromatic carbocycles. The van der Waals surface area contributed by atoms with Crippen LogP contribution in [0.5, 0.6) is 0 Å². The second-order valence-corrected chi connectivity index (χ2v) is 7.78. The Morgan fingerprint density at radius 2 is 1.81 bits per heavy atom. The Balaban J connectivity index is 1.62. The number of carbonyl (C=O) groups excluding carboxylic acids is 2. The van der Waals surface area contributed by atoms with E-state index in [0.717, 1.165) is 0 Å². The van der Waals surface area contributed by atoms with Gasteiger partial charge in [-0.05, 0) is 36.6 Å². The quantitative estimate of drug-likeness (QED) is 0.747. The lowest BCUT2D eigenvalue weighted by molar-refractivity contribution is -0.143. The maximum atomic E-state index is 12.7. The zero-order valence-corrected chi connectivity index (χ0v) is 15.7. The molecule has 1 aromatic heterocycles. The van der Waals surface area contributed by atoms with Crippen molar-refractivity contribution in [2.24, 2.45) is 11.8 Å². The highest BCUT2D eigenvalue weighted by atomic mass is 32.1. The second kappa shape index (κ2) is 8.22. The minimum absolute atomic E-state index is 0.137. The predicted molar refractivity (Wildman–Crippen MR) is 104 cm³/mol. The van der Waals surface area contributed by atoms with Crippen LogP contribution < -0.4 is 10.6 Å². The van der Waals surface area contributed by atoms with Crippen LogP contribution in [0.4, 0.5) is 15.5 Å². The zero-order valence-electron chi connectivity index (χ0n) is 14.8. The lowest BCUT2D eigenvalue weighted by Gasteiger charge is -2.34. The Morgan fingerprint density at radius 1 is 1.07 bits per heavy atom. The summed E-state index contributed by atoms with van der Waals surface area (Å²) in [4.78, 5) is 38.1. The molecule has 1 aliphatic rings. The van der Waals surface area contributed by atoms with Crippen molar-refractivity contribution < 1.29 is 19.5 Å². The fourth-order valence-electron chi connectivity index (χ4n) is 3.17. The summed E-state index contributed by atoms with van der Waals surface area (Å²) in [7, 11) is 0. The van der Waals surface area contributed by atoms with Gasteiger partial charge in [-0.15, -0.1) is 11.3 Å². The van der Waals surface area contributed by atoms with Gasteiger partial charge in [-0.2, -0.15) is 0 Å². The van der Waals surface area contributed by atoms with Gasteiger partial charge in [0.15, 0.2) is 0 Å². The van der Waals surface area contributed by atoms with Crippen LogP contribution in [0.15, 0.2) is 42.5 Å². The van der Waals surface area contributed by atoms with Gasteiger partial charge in [-0.25, -0.2) is 4.79 Å². The van der Waals surface area contributed by atoms with E-state index in [-0.39, 0.29) is 24.4 Å². The summed E-state index contributed by atoms with van der Waals surface area (Å²) in [6, 6.07) is 12.0. The number of nitrogens with zero attached hydrogens (tertiary/aromatic N) is 1. The molecule has 3 rings (SSSR count). The van der Waals surface area contributed by atoms with Gasteiger partial charge in [0.1, 0.15) is 0 Å². The summed E-state index contributed by atoms with van der Waals surface area (Å²) < 4.78 is 0. The molecule has 2 atom stereocenters. The SMILES string of the molecule is CC1CC(C(=O)O)CN(C(=O)c2ccc(NC(=O)Nc3ccccc3)s2)C1. The van der Waals surface area contributed by atoms with Crippen LogP contribution in [0.25, 0.3) is 0 Å². The summed E-state index contributed by atoms with van der Waals surface area (Å²) in [5.74, 6) is -1.47. The first-order valence-electron chi connectivity index (χ1n) is 8.67. The molecule has 7 nitrogen and oxygen atoms in total. The first kappa shape index (κ1) is 18.9. The molecular formula is C19H21N3O4S. The first-order valence-corrected chi connectivity index (χ1v) is 9.49. The molecular weight excluding hydrogens is 366 g/mol. The van der Waals surface area contributed by atoms with Crippen LogP contribution in [-0.2, 0) is 4.79 Å². The molecule has 1 saturated heterocycles. The van der Waals surface area contributed by atoms with Gasteiger partial charge >= 0.3 is 12.0 Å². The maximum Gasteiger partial charge on any atom is 0.324 e. The molecule has 142 valence electrons. The number of carboxylic acid groups (broad SMARTS) is 1. The summed E-state index contributed by atoms with van der Waals surface area (Å²) in [6.45, 7) is 2.70. The van der Waals surface area contributed by atoms with Crippen LogP contribution >= 0.6 is 11.3 Å². The number of piperidine rings is 1. The summed E-state index contributed by atoms with van der Waals surface area (Å²) in [5.41, 5.74) is 0.671. The van der Waals surface area contributed by atoms with Crippen LogP contribution in [0.3, 0.4) is 0 Å². The molecule has 27 heavy (non-hydrogen) atoms. The van der Waals surface area contributed by atoms with E-state index in [4.69, 9.17) is 0 Å². The van der Waals surface area contributed by atoms with Crippen LogP contribution in [0, 0.1) is 11.8 Å². The third-order valence-electron chi connectivity index (χ3n) is 4.38. The lowest BCUT2D eigenvalue weighted by Crippen LogP contribution is -2.45. The molecule has 8 heteroatoms. The van der Waals surface area contributed by atoms with Gasteiger partial charge in [0.05, 0.1) is 15.8 Å². The van der Waals surface area contributed by atoms with E-state index >= 15 is 0 Å². The van der Waals surface area contributed by atoms with Crippen molar-refractivity contribution in [2.75, 3.05) is 23.7 Å². The average molecular weight is 387 g/mol. The highest BCUT2D eigenvalue weighted by Crippen LogP contribution is 2.27. The molecule has 3 N–H and O–H groups in total. The zero-order chi connectivity index (χ0) is 19.4. The van der Waals surface area contributed by atoms with Gasteiger partial charge in [-0.3, -0.25) is 14.9 Å². The topological polar surface area (TPSA) is 98.7 Å². The summed E-state index contributed by atoms with van der Waals surface area (Å²) in [6.07, 6.45) is 0.579. The minimum atomic E-state index is -0.870. The van der Waals surface area contributed by atoms with E-state index in [1.807, 2.05) is 25.1 Å². The first-order chi connectivity index (χ1) is 12.9. The molecule has 0 aliphatic carbocycles. The molecule has 0 bridgehead atoms. The number of hydrogen-bond acceptors (Lipinski definition) is 4. The molecule has 2 unspecified atom stereocenters. The monoisotopic (exact) mass is 387 g/mol. The molecule has 1 aliphatic heterocycles. The van der Waals surface area contributed by atoms with Crippen molar-refractivity contribution in [3.05, 3.63) is 47.3 Å². The fraction of sp³-hybridized carbons (Fsp3) is 0.316. The van der Waals surface area contributed by atoms with Crippen molar-refractivity contribution in [2.45, 2.75) is 13.3 Å². The van der Waals surface area contributed by atoms with Crippen LogP contribution in [0.1, 0.15) is 23.0 Å². The third kappa shape index (κ3) is 4.85. The average Bonchev–Trinajstić information content (AvgIpc) is 3.09. The van der Waals surface area contributed by atoms with Crippen molar-refractivity contribution in [3.63, 3.8) is 0 Å². The normalized spacial score (nSPS) is 19.4. The number of carboxylic acids is 1. The molecule has 2 aromatic rings. The highest BCUT2D eigenvalue weighted by Gasteiger charge is 2.32. The van der Waals surface area contributed by atoms with Crippen LogP contribution in [0.2, 0.25) is 0 Å². The summed E-state index contributed by atoms with van der Waals surface area (Å²) >= 11 is 1.17. The van der Waals surface area contributed by atoms with E-state index < -0.39 is 11.9 Å². The van der Waals surface area contributed by atoms with E-state index in [9.17, 15) is 19.5 Å². The number of nitrogens with one attached hydrogen (secondary N) is 2. The molecule has 2 heterocycles. The third-order valence-corrected chi connectivity index (χ3v) is 5.37. The molecule has 0 saturated carbocycles. The van der Waals surface area contributed by atoms with Crippen molar-refractivity contribution in [1.29, 1.82) is 0 Å². The number of hydrogen-bond donors (Lipinski definition) is 3. The molecule has 1 fully saturated rings. The molecule has 3 amide bonds. The minimum Gasteiger partial charge on any atom is -0.481 e. The highest BCUT2D eigenvalue weighted by molar-refractivity contribution is 7.18. The van der Waals surface area contributed by atoms with E-state index in [1.165, 1.54) is 11.3 Å². The molecule has 0 radical (unpaired) electrons. The Bertz CT molecular complexity index is 836. The Hall–Kier alpha value is -2.87. The number of benzene rings is 1. The Morgan fingerprint density at radius 3 is 2.52 bits per heavy atom. The largest absolute Gasteiger partial charge is 0.481 e. The number of likely N-dealkylation sites (tertiary alicyclic amines) is 1. The molecule has 0 spiro atoms. The van der Waals surface area contributed by atoms with Crippen LogP contribution in [-0.4, -0.2) is 41.0 Å². The standard InChI is InChI=1S/C19H21N3O4S/c1-12-9-13(18(24)25)11-22(10-12)17(23)15-7-8-16(27-15)21-19(26)20-14-5-3-2-4-6-14/h2-8,12-13H,9-11H2,1H3,(H,24,25)(H2,20,21,26). The van der Waals surface area contributed by atoms with Gasteiger partial charge in [0.2, 0.25) is 0 Å². The number of amides is 3. The fourth-order valence-corrected chi connectivity index (χ4v) is 4.04. The number of aliphatic carboxylic acids is 1. The number of anilines is 2. The van der Waals surface area contributed by atoms with Gasteiger partial charge in [0, 0.05) is 18.8 Å². The van der Waals surface area contributed by atoms with Crippen molar-refractivity contribution in [3.8, 4) is 0 Å². The van der Waals surface area contributed by atoms with E-state index in [0.29, 0.717) is 28.5 Å². The smallest absolute Gasteiger partial charge is 0.324 e. The van der Waals surface area contributed by atoms with Gasteiger partial charge in [0.25, 0.3) is 5.91 Å². The van der Waals surface area contributed by atoms with Gasteiger partial charge < -0.3 is 15.3 Å². The van der Waals surface area contributed by atoms with Gasteiger partial charge in [-0.1, -0.05) is 25.1 Å². The number of urea groups is 1. The predicted octanol–water partition coefficient (Wildman–Crippen LogP) is 3.57. The van der Waals surface area contributed by atoms with Crippen molar-refractivity contribution >= 4 is 39.9 Å². The number of rotatable bonds is 4. The number of carbonyl (C=O) groups is 3. The summed E-state index contributed by atoms with van der Waals surface area (Å²) in [5, 5.41) is 15.2. The van der Waals surface area contributed by atoms with E-state index in [2.05, 4.69) is 10.6 Å². The van der Waals surface area contributed by atoms with E-state index in [1.54, 1.807) is 29.2 Å². The number of para-hydroxylation sites is 1.